The summed E-state index contributed by atoms with van der Waals surface area (Å²) in [6, 6.07) is 0.268. The average Bonchev–Trinajstić information content (AvgIpc) is 2.48. The highest BCUT2D eigenvalue weighted by Gasteiger charge is 2.29. The van der Waals surface area contributed by atoms with Gasteiger partial charge in [0.05, 0.1) is 0 Å². The molecule has 1 N–H and O–H groups in total. The molecule has 4 heteroatoms. The van der Waals surface area contributed by atoms with Crippen molar-refractivity contribution in [3.8, 4) is 0 Å². The van der Waals surface area contributed by atoms with Crippen LogP contribution in [-0.2, 0) is 9.59 Å². The van der Waals surface area contributed by atoms with E-state index < -0.39 is 0 Å². The Bertz CT molecular complexity index is 329. The van der Waals surface area contributed by atoms with Crippen molar-refractivity contribution in [3.05, 3.63) is 0 Å². The van der Waals surface area contributed by atoms with Gasteiger partial charge in [-0.2, -0.15) is 0 Å². The molecule has 0 unspecified atom stereocenters. The van der Waals surface area contributed by atoms with Gasteiger partial charge >= 0.3 is 0 Å². The average molecular weight is 280 g/mol. The van der Waals surface area contributed by atoms with Gasteiger partial charge in [0.1, 0.15) is 0 Å². The predicted molar refractivity (Wildman–Crippen MR) is 79.2 cm³/mol. The maximum Gasteiger partial charge on any atom is 0.225 e. The molecule has 4 nitrogen and oxygen atoms in total. The summed E-state index contributed by atoms with van der Waals surface area (Å²) in [5.74, 6) is 0.794. The molecule has 2 rings (SSSR count). The Balaban J connectivity index is 1.73. The Labute approximate surface area is 122 Å². The monoisotopic (exact) mass is 280 g/mol. The fraction of sp³-hybridized carbons (Fsp3) is 0.875. The van der Waals surface area contributed by atoms with Gasteiger partial charge in [-0.15, -0.1) is 0 Å². The minimum absolute atomic E-state index is 0.157. The fourth-order valence-electron chi connectivity index (χ4n) is 3.38. The van der Waals surface area contributed by atoms with E-state index in [0.717, 1.165) is 45.2 Å². The number of likely N-dealkylation sites (tertiary alicyclic amines) is 1. The molecule has 2 fully saturated rings. The van der Waals surface area contributed by atoms with Crippen molar-refractivity contribution < 1.29 is 9.59 Å². The molecule has 114 valence electrons. The number of carbonyl (C=O) groups is 2. The van der Waals surface area contributed by atoms with Gasteiger partial charge in [-0.3, -0.25) is 9.59 Å². The molecule has 1 aliphatic carbocycles. The summed E-state index contributed by atoms with van der Waals surface area (Å²) in [6.45, 7) is 3.64. The van der Waals surface area contributed by atoms with Crippen LogP contribution in [0.25, 0.3) is 0 Å². The van der Waals surface area contributed by atoms with Gasteiger partial charge in [-0.05, 0) is 32.1 Å². The number of nitrogens with zero attached hydrogens (tertiary/aromatic N) is 1. The zero-order valence-corrected chi connectivity index (χ0v) is 12.7. The Kier molecular flexibility index (Phi) is 5.86. The Hall–Kier alpha value is -1.06. The lowest BCUT2D eigenvalue weighted by Gasteiger charge is -2.35. The molecule has 0 aromatic heterocycles. The number of rotatable bonds is 4. The number of hydrogen-bond acceptors (Lipinski definition) is 2. The lowest BCUT2D eigenvalue weighted by molar-refractivity contribution is -0.137. The van der Waals surface area contributed by atoms with Gasteiger partial charge in [0, 0.05) is 31.5 Å². The summed E-state index contributed by atoms with van der Waals surface area (Å²) < 4.78 is 0. The molecule has 1 heterocycles. The van der Waals surface area contributed by atoms with Crippen molar-refractivity contribution in [2.75, 3.05) is 13.1 Å². The third-order valence-electron chi connectivity index (χ3n) is 4.60. The smallest absolute Gasteiger partial charge is 0.225 e. The molecule has 2 aliphatic rings. The summed E-state index contributed by atoms with van der Waals surface area (Å²) in [6.07, 6.45) is 9.18. The van der Waals surface area contributed by atoms with Gasteiger partial charge < -0.3 is 10.2 Å². The van der Waals surface area contributed by atoms with Crippen LogP contribution in [0.3, 0.4) is 0 Å². The zero-order valence-electron chi connectivity index (χ0n) is 12.7. The van der Waals surface area contributed by atoms with E-state index in [1.165, 1.54) is 19.3 Å². The third kappa shape index (κ3) is 4.22. The molecule has 0 aromatic rings. The SMILES string of the molecule is CCCC(=O)NC1CCN(C(=O)C2CCCCC2)CC1. The van der Waals surface area contributed by atoms with Crippen molar-refractivity contribution in [3.63, 3.8) is 0 Å². The fourth-order valence-corrected chi connectivity index (χ4v) is 3.38. The molecule has 1 saturated heterocycles. The molecule has 2 amide bonds. The molecule has 0 radical (unpaired) electrons. The molecule has 20 heavy (non-hydrogen) atoms. The molecule has 0 aromatic carbocycles. The van der Waals surface area contributed by atoms with Gasteiger partial charge in [-0.1, -0.05) is 26.2 Å². The first-order valence-corrected chi connectivity index (χ1v) is 8.29. The van der Waals surface area contributed by atoms with Gasteiger partial charge in [0.15, 0.2) is 0 Å². The van der Waals surface area contributed by atoms with Crippen LogP contribution in [0.5, 0.6) is 0 Å². The number of hydrogen-bond donors (Lipinski definition) is 1. The lowest BCUT2D eigenvalue weighted by Crippen LogP contribution is -2.48. The number of carbonyl (C=O) groups excluding carboxylic acids is 2. The van der Waals surface area contributed by atoms with Crippen LogP contribution >= 0.6 is 0 Å². The van der Waals surface area contributed by atoms with E-state index in [1.807, 2.05) is 11.8 Å². The number of nitrogens with one attached hydrogen (secondary N) is 1. The summed E-state index contributed by atoms with van der Waals surface area (Å²) in [7, 11) is 0. The van der Waals surface area contributed by atoms with Crippen molar-refractivity contribution in [1.82, 2.24) is 10.2 Å². The van der Waals surface area contributed by atoms with E-state index in [9.17, 15) is 9.59 Å². The first-order chi connectivity index (χ1) is 9.70. The predicted octanol–water partition coefficient (Wildman–Crippen LogP) is 2.47. The Morgan fingerprint density at radius 3 is 2.30 bits per heavy atom. The first-order valence-electron chi connectivity index (χ1n) is 8.29. The van der Waals surface area contributed by atoms with Crippen molar-refractivity contribution in [2.45, 2.75) is 70.8 Å². The third-order valence-corrected chi connectivity index (χ3v) is 4.60. The number of piperidine rings is 1. The summed E-state index contributed by atoms with van der Waals surface area (Å²) in [5, 5.41) is 3.08. The summed E-state index contributed by atoms with van der Waals surface area (Å²) >= 11 is 0. The van der Waals surface area contributed by atoms with E-state index in [1.54, 1.807) is 0 Å². The maximum atomic E-state index is 12.4. The lowest BCUT2D eigenvalue weighted by atomic mass is 9.87. The zero-order chi connectivity index (χ0) is 14.4. The molecule has 1 saturated carbocycles. The second-order valence-corrected chi connectivity index (χ2v) is 6.25. The summed E-state index contributed by atoms with van der Waals surface area (Å²) in [5.41, 5.74) is 0. The minimum atomic E-state index is 0.157. The van der Waals surface area contributed by atoms with Gasteiger partial charge in [-0.25, -0.2) is 0 Å². The quantitative estimate of drug-likeness (QED) is 0.860. The largest absolute Gasteiger partial charge is 0.353 e. The van der Waals surface area contributed by atoms with Crippen molar-refractivity contribution in [1.29, 1.82) is 0 Å². The van der Waals surface area contributed by atoms with E-state index in [2.05, 4.69) is 5.32 Å². The van der Waals surface area contributed by atoms with Crippen LogP contribution in [0.2, 0.25) is 0 Å². The summed E-state index contributed by atoms with van der Waals surface area (Å²) in [4.78, 5) is 26.0. The highest BCUT2D eigenvalue weighted by Crippen LogP contribution is 2.26. The van der Waals surface area contributed by atoms with Crippen LogP contribution in [0.15, 0.2) is 0 Å². The molecular formula is C16H28N2O2. The van der Waals surface area contributed by atoms with Crippen LogP contribution in [-0.4, -0.2) is 35.8 Å². The van der Waals surface area contributed by atoms with Crippen LogP contribution < -0.4 is 5.32 Å². The van der Waals surface area contributed by atoms with Crippen molar-refractivity contribution in [2.24, 2.45) is 5.92 Å². The normalized spacial score (nSPS) is 21.8. The van der Waals surface area contributed by atoms with Crippen LogP contribution in [0.4, 0.5) is 0 Å². The van der Waals surface area contributed by atoms with Crippen LogP contribution in [0, 0.1) is 5.92 Å². The van der Waals surface area contributed by atoms with Gasteiger partial charge in [0.25, 0.3) is 0 Å². The molecule has 0 bridgehead atoms. The van der Waals surface area contributed by atoms with Crippen molar-refractivity contribution >= 4 is 11.8 Å². The second-order valence-electron chi connectivity index (χ2n) is 6.25. The number of amides is 2. The molecular weight excluding hydrogens is 252 g/mol. The topological polar surface area (TPSA) is 49.4 Å². The Morgan fingerprint density at radius 1 is 1.05 bits per heavy atom. The van der Waals surface area contributed by atoms with E-state index in [4.69, 9.17) is 0 Å². The van der Waals surface area contributed by atoms with E-state index in [-0.39, 0.29) is 17.9 Å². The standard InChI is InChI=1S/C16H28N2O2/c1-2-6-15(19)17-14-9-11-18(12-10-14)16(20)13-7-4-3-5-8-13/h13-14H,2-12H2,1H3,(H,17,19). The minimum Gasteiger partial charge on any atom is -0.353 e. The highest BCUT2D eigenvalue weighted by atomic mass is 16.2. The van der Waals surface area contributed by atoms with Gasteiger partial charge in [0.2, 0.25) is 11.8 Å². The molecule has 1 aliphatic heterocycles. The van der Waals surface area contributed by atoms with E-state index in [0.29, 0.717) is 12.3 Å². The Morgan fingerprint density at radius 2 is 1.70 bits per heavy atom. The second kappa shape index (κ2) is 7.65. The molecule has 0 spiro atoms. The maximum absolute atomic E-state index is 12.4. The highest BCUT2D eigenvalue weighted by molar-refractivity contribution is 5.79. The molecule has 0 atom stereocenters. The van der Waals surface area contributed by atoms with Crippen LogP contribution in [0.1, 0.15) is 64.7 Å². The van der Waals surface area contributed by atoms with E-state index >= 15 is 0 Å². The first kappa shape index (κ1) is 15.3.